The highest BCUT2D eigenvalue weighted by molar-refractivity contribution is 7.80. The van der Waals surface area contributed by atoms with Crippen molar-refractivity contribution in [1.29, 1.82) is 0 Å². The minimum absolute atomic E-state index is 0.232. The van der Waals surface area contributed by atoms with Gasteiger partial charge in [0.25, 0.3) is 0 Å². The van der Waals surface area contributed by atoms with Crippen LogP contribution in [-0.4, -0.2) is 29.5 Å². The lowest BCUT2D eigenvalue weighted by molar-refractivity contribution is 0.303. The van der Waals surface area contributed by atoms with Crippen LogP contribution < -0.4 is 5.73 Å². The summed E-state index contributed by atoms with van der Waals surface area (Å²) in [4.78, 5) is 2.85. The molecule has 0 saturated heterocycles. The summed E-state index contributed by atoms with van der Waals surface area (Å²) >= 11 is 4.98. The SMILES string of the molecule is CCCCCCCCCN(C)C(C)C(N)=S. The molecule has 0 aliphatic rings. The fourth-order valence-corrected chi connectivity index (χ4v) is 1.91. The summed E-state index contributed by atoms with van der Waals surface area (Å²) in [6.07, 6.45) is 9.47. The summed E-state index contributed by atoms with van der Waals surface area (Å²) in [5, 5.41) is 0. The molecule has 0 bridgehead atoms. The highest BCUT2D eigenvalue weighted by Gasteiger charge is 2.10. The van der Waals surface area contributed by atoms with Crippen molar-refractivity contribution in [2.45, 2.75) is 64.8 Å². The molecule has 0 aromatic heterocycles. The fraction of sp³-hybridized carbons (Fsp3) is 0.923. The summed E-state index contributed by atoms with van der Waals surface area (Å²) in [6.45, 7) is 5.43. The summed E-state index contributed by atoms with van der Waals surface area (Å²) < 4.78 is 0. The zero-order valence-corrected chi connectivity index (χ0v) is 12.0. The lowest BCUT2D eigenvalue weighted by Crippen LogP contribution is -2.39. The number of rotatable bonds is 10. The molecule has 3 heteroatoms. The summed E-state index contributed by atoms with van der Waals surface area (Å²) in [6, 6.07) is 0.232. The van der Waals surface area contributed by atoms with Crippen LogP contribution in [0.3, 0.4) is 0 Å². The number of hydrogen-bond acceptors (Lipinski definition) is 2. The Balaban J connectivity index is 3.34. The molecule has 0 aliphatic carbocycles. The zero-order chi connectivity index (χ0) is 12.4. The van der Waals surface area contributed by atoms with Gasteiger partial charge in [0.2, 0.25) is 0 Å². The smallest absolute Gasteiger partial charge is 0.0899 e. The first-order valence-corrected chi connectivity index (χ1v) is 7.00. The van der Waals surface area contributed by atoms with Crippen molar-refractivity contribution >= 4 is 17.2 Å². The minimum Gasteiger partial charge on any atom is -0.392 e. The Labute approximate surface area is 107 Å². The van der Waals surface area contributed by atoms with Gasteiger partial charge in [0.15, 0.2) is 0 Å². The van der Waals surface area contributed by atoms with Crippen molar-refractivity contribution in [1.82, 2.24) is 4.90 Å². The summed E-state index contributed by atoms with van der Waals surface area (Å²) in [5.74, 6) is 0. The predicted molar refractivity (Wildman–Crippen MR) is 76.9 cm³/mol. The molecule has 0 radical (unpaired) electrons. The van der Waals surface area contributed by atoms with E-state index in [0.717, 1.165) is 6.54 Å². The highest BCUT2D eigenvalue weighted by atomic mass is 32.1. The standard InChI is InChI=1S/C13H28N2S/c1-4-5-6-7-8-9-10-11-15(3)12(2)13(14)16/h12H,4-11H2,1-3H3,(H2,14,16). The van der Waals surface area contributed by atoms with Crippen molar-refractivity contribution in [3.8, 4) is 0 Å². The molecule has 0 fully saturated rings. The maximum absolute atomic E-state index is 5.61. The summed E-state index contributed by atoms with van der Waals surface area (Å²) in [5.41, 5.74) is 5.61. The number of unbranched alkanes of at least 4 members (excludes halogenated alkanes) is 6. The molecule has 0 saturated carbocycles. The Morgan fingerprint density at radius 1 is 1.12 bits per heavy atom. The first-order valence-electron chi connectivity index (χ1n) is 6.59. The van der Waals surface area contributed by atoms with Crippen LogP contribution in [0.5, 0.6) is 0 Å². The van der Waals surface area contributed by atoms with E-state index < -0.39 is 0 Å². The van der Waals surface area contributed by atoms with Gasteiger partial charge in [0.05, 0.1) is 11.0 Å². The molecule has 0 aromatic rings. The van der Waals surface area contributed by atoms with Crippen LogP contribution in [0, 0.1) is 0 Å². The molecule has 2 N–H and O–H groups in total. The van der Waals surface area contributed by atoms with Gasteiger partial charge in [-0.25, -0.2) is 0 Å². The Kier molecular flexibility index (Phi) is 9.94. The monoisotopic (exact) mass is 244 g/mol. The van der Waals surface area contributed by atoms with Gasteiger partial charge in [0, 0.05) is 0 Å². The van der Waals surface area contributed by atoms with E-state index in [1.165, 1.54) is 44.9 Å². The number of nitrogens with zero attached hydrogens (tertiary/aromatic N) is 1. The molecule has 2 nitrogen and oxygen atoms in total. The van der Waals surface area contributed by atoms with Crippen molar-refractivity contribution in [3.05, 3.63) is 0 Å². The Bertz CT molecular complexity index is 183. The van der Waals surface area contributed by atoms with Crippen molar-refractivity contribution in [3.63, 3.8) is 0 Å². The Morgan fingerprint density at radius 3 is 2.12 bits per heavy atom. The zero-order valence-electron chi connectivity index (χ0n) is 11.2. The van der Waals surface area contributed by atoms with Crippen LogP contribution >= 0.6 is 12.2 Å². The van der Waals surface area contributed by atoms with E-state index in [4.69, 9.17) is 18.0 Å². The molecule has 0 heterocycles. The number of likely N-dealkylation sites (N-methyl/N-ethyl adjacent to an activating group) is 1. The van der Waals surface area contributed by atoms with Crippen LogP contribution in [0.15, 0.2) is 0 Å². The number of nitrogens with two attached hydrogens (primary N) is 1. The molecular weight excluding hydrogens is 216 g/mol. The van der Waals surface area contributed by atoms with Gasteiger partial charge in [-0.3, -0.25) is 4.90 Å². The Morgan fingerprint density at radius 2 is 1.62 bits per heavy atom. The van der Waals surface area contributed by atoms with E-state index in [1.54, 1.807) is 0 Å². The van der Waals surface area contributed by atoms with Crippen LogP contribution in [0.25, 0.3) is 0 Å². The molecule has 1 unspecified atom stereocenters. The van der Waals surface area contributed by atoms with Crippen LogP contribution in [0.4, 0.5) is 0 Å². The van der Waals surface area contributed by atoms with E-state index in [9.17, 15) is 0 Å². The quantitative estimate of drug-likeness (QED) is 0.472. The van der Waals surface area contributed by atoms with Crippen LogP contribution in [0.2, 0.25) is 0 Å². The van der Waals surface area contributed by atoms with Crippen LogP contribution in [-0.2, 0) is 0 Å². The van der Waals surface area contributed by atoms with E-state index in [-0.39, 0.29) is 6.04 Å². The van der Waals surface area contributed by atoms with Gasteiger partial charge in [-0.1, -0.05) is 57.7 Å². The molecular formula is C13H28N2S. The van der Waals surface area contributed by atoms with Gasteiger partial charge >= 0.3 is 0 Å². The van der Waals surface area contributed by atoms with Gasteiger partial charge in [-0.05, 0) is 26.9 Å². The van der Waals surface area contributed by atoms with Gasteiger partial charge in [0.1, 0.15) is 0 Å². The number of hydrogen-bond donors (Lipinski definition) is 1. The first-order chi connectivity index (χ1) is 7.59. The van der Waals surface area contributed by atoms with E-state index in [0.29, 0.717) is 4.99 Å². The van der Waals surface area contributed by atoms with E-state index in [1.807, 2.05) is 0 Å². The fourth-order valence-electron chi connectivity index (χ4n) is 1.73. The van der Waals surface area contributed by atoms with Crippen molar-refractivity contribution in [2.24, 2.45) is 5.73 Å². The topological polar surface area (TPSA) is 29.3 Å². The molecule has 16 heavy (non-hydrogen) atoms. The van der Waals surface area contributed by atoms with E-state index >= 15 is 0 Å². The second-order valence-corrected chi connectivity index (χ2v) is 5.15. The molecule has 0 amide bonds. The van der Waals surface area contributed by atoms with Gasteiger partial charge in [-0.2, -0.15) is 0 Å². The molecule has 96 valence electrons. The third kappa shape index (κ3) is 8.05. The lowest BCUT2D eigenvalue weighted by Gasteiger charge is -2.23. The third-order valence-corrected chi connectivity index (χ3v) is 3.53. The highest BCUT2D eigenvalue weighted by Crippen LogP contribution is 2.08. The van der Waals surface area contributed by atoms with Crippen LogP contribution in [0.1, 0.15) is 58.8 Å². The predicted octanol–water partition coefficient (Wildman–Crippen LogP) is 3.34. The van der Waals surface area contributed by atoms with Gasteiger partial charge < -0.3 is 5.73 Å². The van der Waals surface area contributed by atoms with Crippen molar-refractivity contribution < 1.29 is 0 Å². The third-order valence-electron chi connectivity index (χ3n) is 3.19. The molecule has 1 atom stereocenters. The second kappa shape index (κ2) is 10.0. The molecule has 0 rings (SSSR count). The Hall–Kier alpha value is -0.150. The maximum atomic E-state index is 5.61. The van der Waals surface area contributed by atoms with E-state index in [2.05, 4.69) is 25.8 Å². The average molecular weight is 244 g/mol. The number of thiocarbonyl (C=S) groups is 1. The average Bonchev–Trinajstić information content (AvgIpc) is 2.26. The maximum Gasteiger partial charge on any atom is 0.0899 e. The normalized spacial score (nSPS) is 13.0. The molecule has 0 spiro atoms. The molecule has 0 aliphatic heterocycles. The first kappa shape index (κ1) is 15.9. The molecule has 0 aromatic carbocycles. The lowest BCUT2D eigenvalue weighted by atomic mass is 10.1. The van der Waals surface area contributed by atoms with Gasteiger partial charge in [-0.15, -0.1) is 0 Å². The largest absolute Gasteiger partial charge is 0.392 e. The van der Waals surface area contributed by atoms with Crippen molar-refractivity contribution in [2.75, 3.05) is 13.6 Å². The minimum atomic E-state index is 0.232. The second-order valence-electron chi connectivity index (χ2n) is 4.68. The summed E-state index contributed by atoms with van der Waals surface area (Å²) in [7, 11) is 2.10.